The quantitative estimate of drug-likeness (QED) is 0.444. The van der Waals surface area contributed by atoms with Gasteiger partial charge in [-0.05, 0) is 18.2 Å². The minimum Gasteiger partial charge on any atom is -0.492 e. The maximum Gasteiger partial charge on any atom is 0.265 e. The smallest absolute Gasteiger partial charge is 0.265 e. The van der Waals surface area contributed by atoms with Crippen LogP contribution in [0.25, 0.3) is 0 Å². The van der Waals surface area contributed by atoms with Crippen molar-refractivity contribution >= 4 is 16.7 Å². The van der Waals surface area contributed by atoms with Crippen molar-refractivity contribution in [2.75, 3.05) is 37.7 Å². The molecule has 7 heteroatoms. The molecule has 1 saturated heterocycles. The SMILES string of the molecule is NNC(=O)c1cccc(OCCN2CCS(=O)CC2)c1. The van der Waals surface area contributed by atoms with E-state index in [9.17, 15) is 9.00 Å². The summed E-state index contributed by atoms with van der Waals surface area (Å²) in [5.41, 5.74) is 2.56. The topological polar surface area (TPSA) is 84.7 Å². The summed E-state index contributed by atoms with van der Waals surface area (Å²) in [6.45, 7) is 3.04. The molecule has 0 bridgehead atoms. The van der Waals surface area contributed by atoms with Crippen molar-refractivity contribution in [1.29, 1.82) is 0 Å². The number of nitrogen functional groups attached to an aromatic ring is 1. The molecule has 6 nitrogen and oxygen atoms in total. The van der Waals surface area contributed by atoms with Crippen LogP contribution in [-0.4, -0.2) is 52.8 Å². The Kier molecular flexibility index (Phi) is 5.51. The fraction of sp³-hybridized carbons (Fsp3) is 0.462. The average molecular weight is 297 g/mol. The van der Waals surface area contributed by atoms with E-state index in [1.165, 1.54) is 0 Å². The van der Waals surface area contributed by atoms with E-state index in [2.05, 4.69) is 10.3 Å². The first-order valence-corrected chi connectivity index (χ1v) is 7.99. The lowest BCUT2D eigenvalue weighted by atomic mass is 10.2. The lowest BCUT2D eigenvalue weighted by molar-refractivity contribution is 0.0953. The Hall–Kier alpha value is -1.44. The number of nitrogens with one attached hydrogen (secondary N) is 1. The van der Waals surface area contributed by atoms with Crippen molar-refractivity contribution in [3.05, 3.63) is 29.8 Å². The Morgan fingerprint density at radius 2 is 2.15 bits per heavy atom. The summed E-state index contributed by atoms with van der Waals surface area (Å²) in [6, 6.07) is 6.89. The van der Waals surface area contributed by atoms with E-state index >= 15 is 0 Å². The van der Waals surface area contributed by atoms with Crippen LogP contribution >= 0.6 is 0 Å². The van der Waals surface area contributed by atoms with E-state index in [0.29, 0.717) is 17.9 Å². The number of nitrogens with two attached hydrogens (primary N) is 1. The second kappa shape index (κ2) is 7.37. The maximum atomic E-state index is 11.4. The van der Waals surface area contributed by atoms with Crippen molar-refractivity contribution in [2.24, 2.45) is 5.84 Å². The highest BCUT2D eigenvalue weighted by Crippen LogP contribution is 2.13. The monoisotopic (exact) mass is 297 g/mol. The molecule has 1 aliphatic heterocycles. The molecule has 1 aromatic carbocycles. The maximum absolute atomic E-state index is 11.4. The fourth-order valence-corrected chi connectivity index (χ4v) is 3.13. The molecule has 0 atom stereocenters. The van der Waals surface area contributed by atoms with E-state index in [-0.39, 0.29) is 5.91 Å². The van der Waals surface area contributed by atoms with E-state index in [1.807, 2.05) is 0 Å². The van der Waals surface area contributed by atoms with Crippen molar-refractivity contribution in [1.82, 2.24) is 10.3 Å². The van der Waals surface area contributed by atoms with Gasteiger partial charge in [0.05, 0.1) is 0 Å². The second-order valence-corrected chi connectivity index (χ2v) is 6.24. The largest absolute Gasteiger partial charge is 0.492 e. The highest BCUT2D eigenvalue weighted by atomic mass is 32.2. The Labute approximate surface area is 120 Å². The van der Waals surface area contributed by atoms with Gasteiger partial charge in [0, 0.05) is 47.5 Å². The van der Waals surface area contributed by atoms with Gasteiger partial charge in [0.1, 0.15) is 12.4 Å². The van der Waals surface area contributed by atoms with Crippen LogP contribution < -0.4 is 16.0 Å². The summed E-state index contributed by atoms with van der Waals surface area (Å²) in [5, 5.41) is 0. The predicted octanol–water partition coefficient (Wildman–Crippen LogP) is -0.267. The minimum absolute atomic E-state index is 0.339. The first kappa shape index (κ1) is 15.0. The molecule has 0 aliphatic carbocycles. The van der Waals surface area contributed by atoms with Gasteiger partial charge in [0.15, 0.2) is 0 Å². The molecule has 1 fully saturated rings. The second-order valence-electron chi connectivity index (χ2n) is 4.54. The van der Waals surface area contributed by atoms with Gasteiger partial charge in [-0.3, -0.25) is 19.3 Å². The van der Waals surface area contributed by atoms with Gasteiger partial charge in [-0.25, -0.2) is 5.84 Å². The van der Waals surface area contributed by atoms with Crippen LogP contribution in [0.2, 0.25) is 0 Å². The lowest BCUT2D eigenvalue weighted by Crippen LogP contribution is -2.39. The van der Waals surface area contributed by atoms with Crippen LogP contribution in [0.3, 0.4) is 0 Å². The number of benzene rings is 1. The third-order valence-electron chi connectivity index (χ3n) is 3.17. The van der Waals surface area contributed by atoms with Gasteiger partial charge in [0.2, 0.25) is 0 Å². The molecule has 0 spiro atoms. The zero-order valence-electron chi connectivity index (χ0n) is 11.2. The van der Waals surface area contributed by atoms with Crippen LogP contribution in [0, 0.1) is 0 Å². The summed E-state index contributed by atoms with van der Waals surface area (Å²) in [4.78, 5) is 13.6. The molecule has 0 aromatic heterocycles. The minimum atomic E-state index is -0.651. The molecule has 0 saturated carbocycles. The van der Waals surface area contributed by atoms with E-state index in [1.54, 1.807) is 24.3 Å². The van der Waals surface area contributed by atoms with Crippen molar-refractivity contribution in [2.45, 2.75) is 0 Å². The molecule has 20 heavy (non-hydrogen) atoms. The molecule has 1 amide bonds. The van der Waals surface area contributed by atoms with Crippen molar-refractivity contribution in [3.63, 3.8) is 0 Å². The van der Waals surface area contributed by atoms with Crippen molar-refractivity contribution in [3.8, 4) is 5.75 Å². The first-order chi connectivity index (χ1) is 9.69. The van der Waals surface area contributed by atoms with E-state index < -0.39 is 10.8 Å². The molecule has 3 N–H and O–H groups in total. The normalized spacial score (nSPS) is 16.9. The molecule has 1 heterocycles. The third kappa shape index (κ3) is 4.29. The lowest BCUT2D eigenvalue weighted by Gasteiger charge is -2.25. The number of carbonyl (C=O) groups excluding carboxylic acids is 1. The molecular weight excluding hydrogens is 278 g/mol. The highest BCUT2D eigenvalue weighted by molar-refractivity contribution is 7.85. The van der Waals surface area contributed by atoms with Crippen LogP contribution in [0.15, 0.2) is 24.3 Å². The van der Waals surface area contributed by atoms with Gasteiger partial charge >= 0.3 is 0 Å². The number of hydrogen-bond donors (Lipinski definition) is 2. The summed E-state index contributed by atoms with van der Waals surface area (Å²) in [6.07, 6.45) is 0. The first-order valence-electron chi connectivity index (χ1n) is 6.50. The summed E-state index contributed by atoms with van der Waals surface area (Å²) in [7, 11) is -0.651. The van der Waals surface area contributed by atoms with Gasteiger partial charge < -0.3 is 4.74 Å². The Morgan fingerprint density at radius 1 is 1.40 bits per heavy atom. The summed E-state index contributed by atoms with van der Waals surface area (Å²) in [5.74, 6) is 6.88. The Bertz CT molecular complexity index is 486. The molecular formula is C13H19N3O3S. The van der Waals surface area contributed by atoms with Crippen LogP contribution in [0.1, 0.15) is 10.4 Å². The molecule has 0 unspecified atom stereocenters. The third-order valence-corrected chi connectivity index (χ3v) is 4.45. The number of nitrogens with zero attached hydrogens (tertiary/aromatic N) is 1. The Balaban J connectivity index is 1.79. The van der Waals surface area contributed by atoms with E-state index in [0.717, 1.165) is 31.1 Å². The van der Waals surface area contributed by atoms with Crippen molar-refractivity contribution < 1.29 is 13.7 Å². The average Bonchev–Trinajstić information content (AvgIpc) is 2.49. The molecule has 1 aromatic rings. The number of rotatable bonds is 5. The standard InChI is InChI=1S/C13H19N3O3S/c14-15-13(17)11-2-1-3-12(10-11)19-7-4-16-5-8-20(18)9-6-16/h1-3,10H,4-9,14H2,(H,15,17). The number of ether oxygens (including phenoxy) is 1. The Morgan fingerprint density at radius 3 is 2.85 bits per heavy atom. The summed E-state index contributed by atoms with van der Waals surface area (Å²) < 4.78 is 16.9. The summed E-state index contributed by atoms with van der Waals surface area (Å²) >= 11 is 0. The number of hydrogen-bond acceptors (Lipinski definition) is 5. The zero-order chi connectivity index (χ0) is 14.4. The highest BCUT2D eigenvalue weighted by Gasteiger charge is 2.14. The fourth-order valence-electron chi connectivity index (χ4n) is 2.00. The molecule has 110 valence electrons. The van der Waals surface area contributed by atoms with Crippen LogP contribution in [-0.2, 0) is 10.8 Å². The number of carbonyl (C=O) groups is 1. The van der Waals surface area contributed by atoms with Gasteiger partial charge in [-0.2, -0.15) is 0 Å². The molecule has 2 rings (SSSR count). The number of hydrazine groups is 1. The van der Waals surface area contributed by atoms with Crippen LogP contribution in [0.4, 0.5) is 0 Å². The van der Waals surface area contributed by atoms with E-state index in [4.69, 9.17) is 10.6 Å². The zero-order valence-corrected chi connectivity index (χ0v) is 12.0. The molecule has 1 aliphatic rings. The van der Waals surface area contributed by atoms with Gasteiger partial charge in [-0.15, -0.1) is 0 Å². The molecule has 0 radical (unpaired) electrons. The number of amides is 1. The van der Waals surface area contributed by atoms with Gasteiger partial charge in [-0.1, -0.05) is 6.07 Å². The van der Waals surface area contributed by atoms with Crippen LogP contribution in [0.5, 0.6) is 5.75 Å². The van der Waals surface area contributed by atoms with Gasteiger partial charge in [0.25, 0.3) is 5.91 Å². The predicted molar refractivity (Wildman–Crippen MR) is 77.9 cm³/mol.